The standard InChI is InChI=1S/C14H15N3O2/c15-7-6-13(12-4-2-1-3-5-12)16-8-10-17(11-9-16)14(18)19/h1-6H,8-11H2,(H,18,19)/b13-6+. The third kappa shape index (κ3) is 3.05. The van der Waals surface area contributed by atoms with Gasteiger partial charge in [-0.2, -0.15) is 5.26 Å². The molecular weight excluding hydrogens is 242 g/mol. The summed E-state index contributed by atoms with van der Waals surface area (Å²) in [5, 5.41) is 17.8. The third-order valence-electron chi connectivity index (χ3n) is 3.16. The van der Waals surface area contributed by atoms with Gasteiger partial charge in [0.1, 0.15) is 0 Å². The summed E-state index contributed by atoms with van der Waals surface area (Å²) in [6.07, 6.45) is 0.636. The predicted molar refractivity (Wildman–Crippen MR) is 71.2 cm³/mol. The molecule has 0 aliphatic carbocycles. The molecular formula is C14H15N3O2. The molecule has 0 unspecified atom stereocenters. The molecule has 1 aromatic rings. The van der Waals surface area contributed by atoms with Gasteiger partial charge in [0.05, 0.1) is 11.8 Å². The maximum absolute atomic E-state index is 10.9. The lowest BCUT2D eigenvalue weighted by molar-refractivity contribution is 0.122. The van der Waals surface area contributed by atoms with Crippen molar-refractivity contribution in [3.63, 3.8) is 0 Å². The third-order valence-corrected chi connectivity index (χ3v) is 3.16. The highest BCUT2D eigenvalue weighted by Crippen LogP contribution is 2.20. The number of allylic oxidation sites excluding steroid dienone is 1. The molecule has 1 fully saturated rings. The van der Waals surface area contributed by atoms with Crippen molar-refractivity contribution in [1.29, 1.82) is 5.26 Å². The van der Waals surface area contributed by atoms with Gasteiger partial charge in [0, 0.05) is 32.3 Å². The summed E-state index contributed by atoms with van der Waals surface area (Å²) < 4.78 is 0. The van der Waals surface area contributed by atoms with E-state index in [4.69, 9.17) is 10.4 Å². The fourth-order valence-electron chi connectivity index (χ4n) is 2.17. The van der Waals surface area contributed by atoms with Gasteiger partial charge in [-0.1, -0.05) is 30.3 Å². The number of benzene rings is 1. The van der Waals surface area contributed by atoms with Crippen LogP contribution in [0.2, 0.25) is 0 Å². The molecule has 1 saturated heterocycles. The normalized spacial score (nSPS) is 16.1. The van der Waals surface area contributed by atoms with Crippen LogP contribution in [-0.2, 0) is 0 Å². The Balaban J connectivity index is 2.13. The number of carbonyl (C=O) groups is 1. The van der Waals surface area contributed by atoms with Gasteiger partial charge in [0.15, 0.2) is 0 Å². The molecule has 1 aliphatic heterocycles. The molecule has 5 nitrogen and oxygen atoms in total. The van der Waals surface area contributed by atoms with Crippen molar-refractivity contribution in [3.8, 4) is 6.07 Å². The van der Waals surface area contributed by atoms with Gasteiger partial charge < -0.3 is 14.9 Å². The first kappa shape index (κ1) is 13.0. The Morgan fingerprint density at radius 3 is 2.26 bits per heavy atom. The van der Waals surface area contributed by atoms with E-state index in [9.17, 15) is 4.79 Å². The molecule has 0 atom stereocenters. The lowest BCUT2D eigenvalue weighted by atomic mass is 10.1. The number of amides is 1. The summed E-state index contributed by atoms with van der Waals surface area (Å²) >= 11 is 0. The molecule has 1 N–H and O–H groups in total. The highest BCUT2D eigenvalue weighted by molar-refractivity contribution is 5.67. The number of hydrogen-bond donors (Lipinski definition) is 1. The minimum absolute atomic E-state index is 0.463. The summed E-state index contributed by atoms with van der Waals surface area (Å²) in [4.78, 5) is 14.3. The van der Waals surface area contributed by atoms with E-state index in [1.807, 2.05) is 30.3 Å². The van der Waals surface area contributed by atoms with Crippen LogP contribution in [0.5, 0.6) is 0 Å². The van der Waals surface area contributed by atoms with Gasteiger partial charge in [-0.3, -0.25) is 0 Å². The Morgan fingerprint density at radius 2 is 1.74 bits per heavy atom. The smallest absolute Gasteiger partial charge is 0.407 e. The van der Waals surface area contributed by atoms with Crippen molar-refractivity contribution in [1.82, 2.24) is 9.80 Å². The number of nitrogens with zero attached hydrogens (tertiary/aromatic N) is 3. The molecule has 1 aromatic carbocycles. The van der Waals surface area contributed by atoms with Gasteiger partial charge in [0.2, 0.25) is 0 Å². The molecule has 0 radical (unpaired) electrons. The Bertz CT molecular complexity index is 511. The zero-order valence-corrected chi connectivity index (χ0v) is 10.5. The number of nitriles is 1. The maximum atomic E-state index is 10.9. The summed E-state index contributed by atoms with van der Waals surface area (Å²) in [5.41, 5.74) is 1.83. The van der Waals surface area contributed by atoms with E-state index in [0.717, 1.165) is 11.3 Å². The van der Waals surface area contributed by atoms with Crippen molar-refractivity contribution in [2.45, 2.75) is 0 Å². The zero-order valence-electron chi connectivity index (χ0n) is 10.5. The second kappa shape index (κ2) is 5.91. The van der Waals surface area contributed by atoms with Crippen LogP contribution in [0.25, 0.3) is 5.70 Å². The van der Waals surface area contributed by atoms with E-state index in [2.05, 4.69) is 11.0 Å². The van der Waals surface area contributed by atoms with Crippen molar-refractivity contribution >= 4 is 11.8 Å². The molecule has 0 bridgehead atoms. The minimum atomic E-state index is -0.884. The lowest BCUT2D eigenvalue weighted by Crippen LogP contribution is -2.47. The van der Waals surface area contributed by atoms with Gasteiger partial charge in [-0.25, -0.2) is 4.79 Å². The summed E-state index contributed by atoms with van der Waals surface area (Å²) in [5.74, 6) is 0. The van der Waals surface area contributed by atoms with Gasteiger partial charge in [-0.05, 0) is 5.56 Å². The fraction of sp³-hybridized carbons (Fsp3) is 0.286. The maximum Gasteiger partial charge on any atom is 0.407 e. The van der Waals surface area contributed by atoms with Crippen LogP contribution < -0.4 is 0 Å². The lowest BCUT2D eigenvalue weighted by Gasteiger charge is -2.35. The Hall–Kier alpha value is -2.48. The Kier molecular flexibility index (Phi) is 4.04. The SMILES string of the molecule is N#C/C=C(\c1ccccc1)N1CCN(C(=O)O)CC1. The van der Waals surface area contributed by atoms with Crippen LogP contribution in [0.15, 0.2) is 36.4 Å². The molecule has 2 rings (SSSR count). The highest BCUT2D eigenvalue weighted by atomic mass is 16.4. The average molecular weight is 257 g/mol. The quantitative estimate of drug-likeness (QED) is 0.821. The van der Waals surface area contributed by atoms with E-state index < -0.39 is 6.09 Å². The second-order valence-electron chi connectivity index (χ2n) is 4.28. The molecule has 5 heteroatoms. The van der Waals surface area contributed by atoms with Crippen molar-refractivity contribution in [2.75, 3.05) is 26.2 Å². The van der Waals surface area contributed by atoms with E-state index in [-0.39, 0.29) is 0 Å². The first-order valence-corrected chi connectivity index (χ1v) is 6.10. The molecule has 0 aromatic heterocycles. The zero-order chi connectivity index (χ0) is 13.7. The molecule has 1 amide bonds. The van der Waals surface area contributed by atoms with Gasteiger partial charge >= 0.3 is 6.09 Å². The van der Waals surface area contributed by atoms with Crippen molar-refractivity contribution < 1.29 is 9.90 Å². The first-order chi connectivity index (χ1) is 9.22. The van der Waals surface area contributed by atoms with E-state index in [0.29, 0.717) is 26.2 Å². The minimum Gasteiger partial charge on any atom is -0.465 e. The van der Waals surface area contributed by atoms with Crippen molar-refractivity contribution in [2.24, 2.45) is 0 Å². The van der Waals surface area contributed by atoms with Crippen molar-refractivity contribution in [3.05, 3.63) is 42.0 Å². The Morgan fingerprint density at radius 1 is 1.16 bits per heavy atom. The summed E-state index contributed by atoms with van der Waals surface area (Å²) in [7, 11) is 0. The van der Waals surface area contributed by atoms with Gasteiger partial charge in [0.25, 0.3) is 0 Å². The average Bonchev–Trinajstić information content (AvgIpc) is 2.46. The molecule has 19 heavy (non-hydrogen) atoms. The van der Waals surface area contributed by atoms with E-state index in [1.54, 1.807) is 0 Å². The van der Waals surface area contributed by atoms with E-state index in [1.165, 1.54) is 11.0 Å². The molecule has 0 saturated carbocycles. The molecule has 1 aliphatic rings. The van der Waals surface area contributed by atoms with E-state index >= 15 is 0 Å². The first-order valence-electron chi connectivity index (χ1n) is 6.10. The monoisotopic (exact) mass is 257 g/mol. The molecule has 0 spiro atoms. The van der Waals surface area contributed by atoms with Crippen LogP contribution in [0.4, 0.5) is 4.79 Å². The second-order valence-corrected chi connectivity index (χ2v) is 4.28. The Labute approximate surface area is 112 Å². The predicted octanol–water partition coefficient (Wildman–Crippen LogP) is 1.85. The van der Waals surface area contributed by atoms with Crippen LogP contribution in [0.3, 0.4) is 0 Å². The highest BCUT2D eigenvalue weighted by Gasteiger charge is 2.22. The molecule has 98 valence electrons. The topological polar surface area (TPSA) is 67.6 Å². The number of piperazine rings is 1. The number of carboxylic acid groups (broad SMARTS) is 1. The van der Waals surface area contributed by atoms with Crippen LogP contribution in [-0.4, -0.2) is 47.2 Å². The van der Waals surface area contributed by atoms with Crippen LogP contribution >= 0.6 is 0 Å². The fourth-order valence-corrected chi connectivity index (χ4v) is 2.17. The molecule has 1 heterocycles. The largest absolute Gasteiger partial charge is 0.465 e. The number of rotatable bonds is 2. The van der Waals surface area contributed by atoms with Crippen LogP contribution in [0, 0.1) is 11.3 Å². The summed E-state index contributed by atoms with van der Waals surface area (Å²) in [6, 6.07) is 11.7. The van der Waals surface area contributed by atoms with Crippen LogP contribution in [0.1, 0.15) is 5.56 Å². The summed E-state index contributed by atoms with van der Waals surface area (Å²) in [6.45, 7) is 2.14. The van der Waals surface area contributed by atoms with Gasteiger partial charge in [-0.15, -0.1) is 0 Å². The number of hydrogen-bond acceptors (Lipinski definition) is 3.